The minimum atomic E-state index is -1.60. The molecular weight excluding hydrogens is 163 g/mol. The normalized spacial score (nSPS) is 11.8. The van der Waals surface area contributed by atoms with E-state index in [0.29, 0.717) is 6.42 Å². The molecule has 1 atom stereocenters. The Morgan fingerprint density at radius 3 is 2.00 bits per heavy atom. The van der Waals surface area contributed by atoms with Gasteiger partial charge in [-0.2, -0.15) is 0 Å². The highest BCUT2D eigenvalue weighted by Gasteiger charge is 1.97. The first-order valence-corrected chi connectivity index (χ1v) is 4.29. The van der Waals surface area contributed by atoms with Gasteiger partial charge in [-0.25, -0.2) is 4.39 Å². The van der Waals surface area contributed by atoms with Crippen LogP contribution in [0.4, 0.5) is 4.39 Å². The van der Waals surface area contributed by atoms with Crippen LogP contribution >= 0.6 is 0 Å². The topological polar surface area (TPSA) is 60.7 Å². The van der Waals surface area contributed by atoms with E-state index < -0.39 is 6.36 Å². The summed E-state index contributed by atoms with van der Waals surface area (Å²) in [6.07, 6.45) is 4.18. The van der Waals surface area contributed by atoms with E-state index >= 15 is 0 Å². The molecule has 0 aliphatic heterocycles. The molecule has 3 nitrogen and oxygen atoms in total. The Morgan fingerprint density at radius 1 is 1.08 bits per heavy atom. The fourth-order valence-corrected chi connectivity index (χ4v) is 0.916. The molecule has 0 aromatic carbocycles. The second-order valence-corrected chi connectivity index (χ2v) is 2.64. The first-order valence-electron chi connectivity index (χ1n) is 4.29. The molecule has 0 fully saturated rings. The van der Waals surface area contributed by atoms with E-state index in [0.717, 1.165) is 12.8 Å². The number of unbranched alkanes of at least 4 members (excludes halogenated alkanes) is 4. The van der Waals surface area contributed by atoms with Gasteiger partial charge >= 0.3 is 0 Å². The van der Waals surface area contributed by atoms with Gasteiger partial charge in [0, 0.05) is 6.42 Å². The molecule has 0 saturated carbocycles. The largest absolute Gasteiger partial charge is 0.364 e. The molecule has 0 spiro atoms. The lowest BCUT2D eigenvalue weighted by atomic mass is 10.1. The molecular formula is C8H19FO3. The summed E-state index contributed by atoms with van der Waals surface area (Å²) in [7, 11) is 0. The highest BCUT2D eigenvalue weighted by atomic mass is 19.1. The van der Waals surface area contributed by atoms with E-state index in [4.69, 9.17) is 15.6 Å². The van der Waals surface area contributed by atoms with E-state index in [2.05, 4.69) is 6.92 Å². The molecule has 0 amide bonds. The maximum absolute atomic E-state index is 11.8. The quantitative estimate of drug-likeness (QED) is 0.336. The van der Waals surface area contributed by atoms with Gasteiger partial charge in [-0.05, 0) is 6.42 Å². The minimum Gasteiger partial charge on any atom is -0.364 e. The Morgan fingerprint density at radius 2 is 1.58 bits per heavy atom. The minimum absolute atomic E-state index is 0.309. The number of alkyl halides is 1. The third-order valence-corrected chi connectivity index (χ3v) is 1.55. The summed E-state index contributed by atoms with van der Waals surface area (Å²) in [5.74, 6) is 0. The van der Waals surface area contributed by atoms with Crippen molar-refractivity contribution in [2.45, 2.75) is 51.8 Å². The summed E-state index contributed by atoms with van der Waals surface area (Å²) in [5, 5.41) is 20.2. The number of aliphatic hydroxyl groups excluding tert-OH is 1. The Kier molecular flexibility index (Phi) is 16.0. The molecule has 0 heterocycles. The van der Waals surface area contributed by atoms with Crippen LogP contribution in [-0.4, -0.2) is 22.0 Å². The first kappa shape index (κ1) is 14.3. The molecule has 12 heavy (non-hydrogen) atoms. The zero-order valence-electron chi connectivity index (χ0n) is 7.54. The SMILES string of the molecule is CCCCCCCC(O)F.OO. The van der Waals surface area contributed by atoms with Crippen molar-refractivity contribution in [2.24, 2.45) is 0 Å². The molecule has 0 aliphatic rings. The fourth-order valence-electron chi connectivity index (χ4n) is 0.916. The predicted molar refractivity (Wildman–Crippen MR) is 45.7 cm³/mol. The Hall–Kier alpha value is -0.190. The highest BCUT2D eigenvalue weighted by Crippen LogP contribution is 2.07. The van der Waals surface area contributed by atoms with Crippen molar-refractivity contribution >= 4 is 0 Å². The van der Waals surface area contributed by atoms with Crippen LogP contribution in [-0.2, 0) is 0 Å². The van der Waals surface area contributed by atoms with Gasteiger partial charge in [0.2, 0.25) is 0 Å². The molecule has 1 unspecified atom stereocenters. The summed E-state index contributed by atoms with van der Waals surface area (Å²) in [5.41, 5.74) is 0. The van der Waals surface area contributed by atoms with Crippen molar-refractivity contribution in [1.29, 1.82) is 0 Å². The van der Waals surface area contributed by atoms with Crippen LogP contribution in [0.15, 0.2) is 0 Å². The number of hydrogen-bond donors (Lipinski definition) is 3. The predicted octanol–water partition coefficient (Wildman–Crippen LogP) is 2.65. The molecule has 0 radical (unpaired) electrons. The van der Waals surface area contributed by atoms with Gasteiger partial charge in [-0.15, -0.1) is 0 Å². The number of aliphatic hydroxyl groups is 1. The van der Waals surface area contributed by atoms with Crippen LogP contribution in [0, 0.1) is 0 Å². The van der Waals surface area contributed by atoms with Crippen molar-refractivity contribution in [2.75, 3.05) is 0 Å². The molecule has 0 aromatic rings. The molecule has 0 rings (SSSR count). The summed E-state index contributed by atoms with van der Waals surface area (Å²) >= 11 is 0. The van der Waals surface area contributed by atoms with Crippen LogP contribution in [0.1, 0.15) is 45.4 Å². The van der Waals surface area contributed by atoms with Gasteiger partial charge < -0.3 is 5.11 Å². The molecule has 0 saturated heterocycles. The fraction of sp³-hybridized carbons (Fsp3) is 1.00. The Labute approximate surface area is 72.8 Å². The van der Waals surface area contributed by atoms with E-state index in [1.165, 1.54) is 19.3 Å². The van der Waals surface area contributed by atoms with Crippen molar-refractivity contribution in [3.63, 3.8) is 0 Å². The average molecular weight is 182 g/mol. The van der Waals surface area contributed by atoms with Gasteiger partial charge in [0.15, 0.2) is 6.36 Å². The molecule has 3 N–H and O–H groups in total. The second kappa shape index (κ2) is 13.4. The van der Waals surface area contributed by atoms with Crippen LogP contribution < -0.4 is 0 Å². The van der Waals surface area contributed by atoms with Gasteiger partial charge in [0.25, 0.3) is 0 Å². The highest BCUT2D eigenvalue weighted by molar-refractivity contribution is 4.44. The van der Waals surface area contributed by atoms with E-state index in [9.17, 15) is 4.39 Å². The summed E-state index contributed by atoms with van der Waals surface area (Å²) in [4.78, 5) is 0. The van der Waals surface area contributed by atoms with E-state index in [1.54, 1.807) is 0 Å². The molecule has 0 bridgehead atoms. The number of halogens is 1. The zero-order chi connectivity index (χ0) is 9.82. The molecule has 4 heteroatoms. The van der Waals surface area contributed by atoms with Crippen molar-refractivity contribution in [3.8, 4) is 0 Å². The van der Waals surface area contributed by atoms with Gasteiger partial charge in [-0.1, -0.05) is 32.6 Å². The van der Waals surface area contributed by atoms with Crippen LogP contribution in [0.25, 0.3) is 0 Å². The summed E-state index contributed by atoms with van der Waals surface area (Å²) in [6, 6.07) is 0. The van der Waals surface area contributed by atoms with E-state index in [-0.39, 0.29) is 0 Å². The second-order valence-electron chi connectivity index (χ2n) is 2.64. The lowest BCUT2D eigenvalue weighted by Gasteiger charge is -1.99. The van der Waals surface area contributed by atoms with Gasteiger partial charge in [-0.3, -0.25) is 10.5 Å². The van der Waals surface area contributed by atoms with Crippen LogP contribution in [0.5, 0.6) is 0 Å². The lowest BCUT2D eigenvalue weighted by molar-refractivity contribution is -0.176. The maximum atomic E-state index is 11.8. The smallest absolute Gasteiger partial charge is 0.196 e. The third kappa shape index (κ3) is 16.4. The lowest BCUT2D eigenvalue weighted by Crippen LogP contribution is -1.95. The third-order valence-electron chi connectivity index (χ3n) is 1.55. The molecule has 0 aliphatic carbocycles. The molecule has 0 aromatic heterocycles. The summed E-state index contributed by atoms with van der Waals surface area (Å²) < 4.78 is 11.8. The standard InChI is InChI=1S/C8H17FO.H2O2/c1-2-3-4-5-6-7-8(9)10;1-2/h8,10H,2-7H2,1H3;1-2H. The van der Waals surface area contributed by atoms with Crippen molar-refractivity contribution in [3.05, 3.63) is 0 Å². The van der Waals surface area contributed by atoms with Crippen molar-refractivity contribution in [1.82, 2.24) is 0 Å². The van der Waals surface area contributed by atoms with Gasteiger partial charge in [0.05, 0.1) is 0 Å². The zero-order valence-corrected chi connectivity index (χ0v) is 7.54. The first-order chi connectivity index (χ1) is 5.77. The number of hydrogen-bond acceptors (Lipinski definition) is 3. The summed E-state index contributed by atoms with van der Waals surface area (Å²) in [6.45, 7) is 2.14. The van der Waals surface area contributed by atoms with Gasteiger partial charge in [0.1, 0.15) is 0 Å². The average Bonchev–Trinajstić information content (AvgIpc) is 2.07. The van der Waals surface area contributed by atoms with Crippen LogP contribution in [0.3, 0.4) is 0 Å². The number of rotatable bonds is 6. The Balaban J connectivity index is 0. The van der Waals surface area contributed by atoms with Crippen LogP contribution in [0.2, 0.25) is 0 Å². The maximum Gasteiger partial charge on any atom is 0.196 e. The molecule has 76 valence electrons. The van der Waals surface area contributed by atoms with E-state index in [1.807, 2.05) is 0 Å². The van der Waals surface area contributed by atoms with Crippen molar-refractivity contribution < 1.29 is 20.0 Å². The Bertz CT molecular complexity index is 69.3. The monoisotopic (exact) mass is 182 g/mol.